The van der Waals surface area contributed by atoms with Crippen LogP contribution in [-0.2, 0) is 6.42 Å². The maximum atomic E-state index is 5.06. The number of methoxy groups -OCH3 is 1. The van der Waals surface area contributed by atoms with Crippen LogP contribution >= 0.6 is 0 Å². The predicted octanol–water partition coefficient (Wildman–Crippen LogP) is 5.23. The van der Waals surface area contributed by atoms with Gasteiger partial charge in [-0.1, -0.05) is 74.7 Å². The fraction of sp³-hybridized carbons (Fsp3) is 0.158. The Hall–Kier alpha value is -2.28. The lowest BCUT2D eigenvalue weighted by Crippen LogP contribution is -1.84. The molecule has 0 aromatic heterocycles. The lowest BCUT2D eigenvalue weighted by Gasteiger charge is -2.01. The van der Waals surface area contributed by atoms with Gasteiger partial charge in [0.15, 0.2) is 0 Å². The third-order valence-electron chi connectivity index (χ3n) is 2.95. The zero-order valence-electron chi connectivity index (χ0n) is 12.3. The van der Waals surface area contributed by atoms with Crippen LogP contribution in [-0.4, -0.2) is 7.11 Å². The second-order valence-electron chi connectivity index (χ2n) is 4.25. The van der Waals surface area contributed by atoms with Gasteiger partial charge in [0.2, 0.25) is 0 Å². The molecule has 0 saturated carbocycles. The van der Waals surface area contributed by atoms with E-state index in [1.807, 2.05) is 30.3 Å². The van der Waals surface area contributed by atoms with Gasteiger partial charge in [-0.05, 0) is 23.6 Å². The SMILES string of the molecule is C=Cc1cccc(CC)c1.C=Cc1ccccc1OC. The molecule has 0 atom stereocenters. The largest absolute Gasteiger partial charge is 0.496 e. The molecule has 0 N–H and O–H groups in total. The van der Waals surface area contributed by atoms with Crippen LogP contribution in [0.2, 0.25) is 0 Å². The van der Waals surface area contributed by atoms with Crippen molar-refractivity contribution in [1.82, 2.24) is 0 Å². The first-order valence-corrected chi connectivity index (χ1v) is 6.72. The van der Waals surface area contributed by atoms with Gasteiger partial charge in [-0.15, -0.1) is 0 Å². The molecule has 1 heteroatoms. The first kappa shape index (κ1) is 15.8. The summed E-state index contributed by atoms with van der Waals surface area (Å²) in [7, 11) is 1.66. The van der Waals surface area contributed by atoms with Crippen molar-refractivity contribution in [3.63, 3.8) is 0 Å². The van der Waals surface area contributed by atoms with E-state index in [-0.39, 0.29) is 0 Å². The minimum atomic E-state index is 0.873. The lowest BCUT2D eigenvalue weighted by molar-refractivity contribution is 0.414. The molecule has 0 amide bonds. The smallest absolute Gasteiger partial charge is 0.126 e. The first-order valence-electron chi connectivity index (χ1n) is 6.72. The number of hydrogen-bond acceptors (Lipinski definition) is 1. The van der Waals surface area contributed by atoms with Crippen molar-refractivity contribution >= 4 is 12.2 Å². The average Bonchev–Trinajstić information content (AvgIpc) is 2.55. The second-order valence-corrected chi connectivity index (χ2v) is 4.25. The zero-order chi connectivity index (χ0) is 14.8. The van der Waals surface area contributed by atoms with E-state index in [2.05, 4.69) is 44.3 Å². The average molecular weight is 266 g/mol. The molecule has 0 aliphatic rings. The minimum Gasteiger partial charge on any atom is -0.496 e. The summed E-state index contributed by atoms with van der Waals surface area (Å²) in [6.45, 7) is 9.52. The van der Waals surface area contributed by atoms with E-state index in [9.17, 15) is 0 Å². The molecule has 0 aliphatic heterocycles. The fourth-order valence-corrected chi connectivity index (χ4v) is 1.78. The second kappa shape index (κ2) is 8.76. The molecule has 104 valence electrons. The maximum Gasteiger partial charge on any atom is 0.126 e. The molecule has 0 unspecified atom stereocenters. The molecular weight excluding hydrogens is 244 g/mol. The summed E-state index contributed by atoms with van der Waals surface area (Å²) in [5, 5.41) is 0. The Bertz CT molecular complexity index is 555. The predicted molar refractivity (Wildman–Crippen MR) is 89.0 cm³/mol. The number of hydrogen-bond donors (Lipinski definition) is 0. The van der Waals surface area contributed by atoms with Crippen LogP contribution in [0, 0.1) is 0 Å². The van der Waals surface area contributed by atoms with Crippen molar-refractivity contribution in [1.29, 1.82) is 0 Å². The quantitative estimate of drug-likeness (QED) is 0.736. The highest BCUT2D eigenvalue weighted by atomic mass is 16.5. The summed E-state index contributed by atoms with van der Waals surface area (Å²) >= 11 is 0. The van der Waals surface area contributed by atoms with Crippen LogP contribution in [0.25, 0.3) is 12.2 Å². The van der Waals surface area contributed by atoms with Crippen molar-refractivity contribution in [3.05, 3.63) is 78.4 Å². The van der Waals surface area contributed by atoms with Gasteiger partial charge < -0.3 is 4.74 Å². The van der Waals surface area contributed by atoms with E-state index < -0.39 is 0 Å². The summed E-state index contributed by atoms with van der Waals surface area (Å²) in [6, 6.07) is 16.2. The fourth-order valence-electron chi connectivity index (χ4n) is 1.78. The molecule has 0 spiro atoms. The molecule has 0 heterocycles. The van der Waals surface area contributed by atoms with Gasteiger partial charge in [-0.2, -0.15) is 0 Å². The standard InChI is InChI=1S/C10H12.C9H10O/c1-3-9-6-5-7-10(4-2)8-9;1-3-8-6-4-5-7-9(8)10-2/h3,5-8H,1,4H2,2H3;3-7H,1H2,2H3. The zero-order valence-corrected chi connectivity index (χ0v) is 12.3. The lowest BCUT2D eigenvalue weighted by atomic mass is 10.1. The third-order valence-corrected chi connectivity index (χ3v) is 2.95. The molecule has 2 aromatic carbocycles. The summed E-state index contributed by atoms with van der Waals surface area (Å²) < 4.78 is 5.06. The van der Waals surface area contributed by atoms with Gasteiger partial charge in [0.05, 0.1) is 7.11 Å². The summed E-state index contributed by atoms with van der Waals surface area (Å²) in [6.07, 6.45) is 4.75. The summed E-state index contributed by atoms with van der Waals surface area (Å²) in [5.74, 6) is 0.873. The van der Waals surface area contributed by atoms with Gasteiger partial charge in [0, 0.05) is 5.56 Å². The molecular formula is C19H22O. The van der Waals surface area contributed by atoms with Crippen molar-refractivity contribution in [2.45, 2.75) is 13.3 Å². The van der Waals surface area contributed by atoms with Crippen LogP contribution in [0.4, 0.5) is 0 Å². The van der Waals surface area contributed by atoms with E-state index in [1.54, 1.807) is 13.2 Å². The van der Waals surface area contributed by atoms with Crippen LogP contribution < -0.4 is 4.74 Å². The van der Waals surface area contributed by atoms with Gasteiger partial charge in [0.1, 0.15) is 5.75 Å². The molecule has 0 radical (unpaired) electrons. The van der Waals surface area contributed by atoms with Gasteiger partial charge in [0.25, 0.3) is 0 Å². The Labute approximate surface area is 122 Å². The van der Waals surface area contributed by atoms with Gasteiger partial charge in [-0.25, -0.2) is 0 Å². The third kappa shape index (κ3) is 4.77. The van der Waals surface area contributed by atoms with Crippen LogP contribution in [0.15, 0.2) is 61.7 Å². The van der Waals surface area contributed by atoms with E-state index >= 15 is 0 Å². The van der Waals surface area contributed by atoms with Crippen molar-refractivity contribution < 1.29 is 4.74 Å². The number of para-hydroxylation sites is 1. The number of benzene rings is 2. The van der Waals surface area contributed by atoms with Crippen LogP contribution in [0.3, 0.4) is 0 Å². The molecule has 0 bridgehead atoms. The normalized spacial score (nSPS) is 9.10. The first-order chi connectivity index (χ1) is 9.74. The monoisotopic (exact) mass is 266 g/mol. The van der Waals surface area contributed by atoms with E-state index in [0.29, 0.717) is 0 Å². The van der Waals surface area contributed by atoms with Crippen molar-refractivity contribution in [2.24, 2.45) is 0 Å². The number of aryl methyl sites for hydroxylation is 1. The highest BCUT2D eigenvalue weighted by molar-refractivity contribution is 5.55. The van der Waals surface area contributed by atoms with Crippen LogP contribution in [0.1, 0.15) is 23.6 Å². The van der Waals surface area contributed by atoms with E-state index in [0.717, 1.165) is 17.7 Å². The Kier molecular flexibility index (Phi) is 6.91. The Morgan fingerprint density at radius 1 is 1.00 bits per heavy atom. The summed E-state index contributed by atoms with van der Waals surface area (Å²) in [4.78, 5) is 0. The molecule has 20 heavy (non-hydrogen) atoms. The Morgan fingerprint density at radius 3 is 2.30 bits per heavy atom. The highest BCUT2D eigenvalue weighted by Crippen LogP contribution is 2.17. The minimum absolute atomic E-state index is 0.873. The van der Waals surface area contributed by atoms with Crippen molar-refractivity contribution in [2.75, 3.05) is 7.11 Å². The van der Waals surface area contributed by atoms with Gasteiger partial charge >= 0.3 is 0 Å². The Morgan fingerprint density at radius 2 is 1.75 bits per heavy atom. The van der Waals surface area contributed by atoms with E-state index in [1.165, 1.54) is 11.1 Å². The van der Waals surface area contributed by atoms with Crippen molar-refractivity contribution in [3.8, 4) is 5.75 Å². The maximum absolute atomic E-state index is 5.06. The molecule has 2 rings (SSSR count). The topological polar surface area (TPSA) is 9.23 Å². The van der Waals surface area contributed by atoms with E-state index in [4.69, 9.17) is 4.74 Å². The van der Waals surface area contributed by atoms with Gasteiger partial charge in [-0.3, -0.25) is 0 Å². The molecule has 2 aromatic rings. The molecule has 0 saturated heterocycles. The Balaban J connectivity index is 0.000000200. The highest BCUT2D eigenvalue weighted by Gasteiger charge is 1.93. The van der Waals surface area contributed by atoms with Crippen LogP contribution in [0.5, 0.6) is 5.75 Å². The molecule has 0 fully saturated rings. The summed E-state index contributed by atoms with van der Waals surface area (Å²) in [5.41, 5.74) is 3.61. The molecule has 0 aliphatic carbocycles. The number of rotatable bonds is 4. The molecule has 1 nitrogen and oxygen atoms in total. The number of ether oxygens (including phenoxy) is 1.